The maximum absolute atomic E-state index is 4.73. The highest BCUT2D eigenvalue weighted by molar-refractivity contribution is 14.0. The molecule has 1 aromatic carbocycles. The molecule has 0 amide bonds. The fourth-order valence-electron chi connectivity index (χ4n) is 2.55. The Morgan fingerprint density at radius 3 is 2.71 bits per heavy atom. The first-order chi connectivity index (χ1) is 9.70. The Morgan fingerprint density at radius 1 is 1.29 bits per heavy atom. The van der Waals surface area contributed by atoms with E-state index in [9.17, 15) is 0 Å². The Kier molecular flexibility index (Phi) is 8.07. The van der Waals surface area contributed by atoms with Crippen LogP contribution in [0.4, 0.5) is 0 Å². The van der Waals surface area contributed by atoms with E-state index < -0.39 is 0 Å². The molecule has 3 nitrogen and oxygen atoms in total. The molecule has 4 heteroatoms. The second kappa shape index (κ2) is 9.28. The molecule has 0 fully saturated rings. The first kappa shape index (κ1) is 18.3. The average molecular weight is 401 g/mol. The zero-order valence-corrected chi connectivity index (χ0v) is 15.7. The maximum Gasteiger partial charge on any atom is 0.191 e. The normalized spacial score (nSPS) is 16.8. The van der Waals surface area contributed by atoms with Gasteiger partial charge in [0.25, 0.3) is 0 Å². The molecule has 21 heavy (non-hydrogen) atoms. The Labute approximate surface area is 146 Å². The number of nitrogens with one attached hydrogen (secondary N) is 2. The molecule has 1 unspecified atom stereocenters. The van der Waals surface area contributed by atoms with Crippen LogP contribution in [-0.2, 0) is 6.42 Å². The number of rotatable bonds is 6. The summed E-state index contributed by atoms with van der Waals surface area (Å²) >= 11 is 0. The highest BCUT2D eigenvalue weighted by Crippen LogP contribution is 2.34. The molecule has 0 saturated carbocycles. The molecule has 1 atom stereocenters. The van der Waals surface area contributed by atoms with E-state index in [1.807, 2.05) is 0 Å². The molecule has 0 heterocycles. The molecule has 1 aliphatic rings. The number of hydrogen-bond donors (Lipinski definition) is 2. The van der Waals surface area contributed by atoms with Crippen LogP contribution in [0.1, 0.15) is 44.2 Å². The van der Waals surface area contributed by atoms with Gasteiger partial charge in [-0.05, 0) is 36.8 Å². The summed E-state index contributed by atoms with van der Waals surface area (Å²) in [5.74, 6) is 2.29. The van der Waals surface area contributed by atoms with Crippen LogP contribution in [0.15, 0.2) is 29.3 Å². The van der Waals surface area contributed by atoms with Crippen LogP contribution in [0.3, 0.4) is 0 Å². The van der Waals surface area contributed by atoms with Gasteiger partial charge >= 0.3 is 0 Å². The van der Waals surface area contributed by atoms with Crippen LogP contribution in [0.25, 0.3) is 0 Å². The number of benzene rings is 1. The van der Waals surface area contributed by atoms with Crippen molar-refractivity contribution in [2.24, 2.45) is 10.9 Å². The van der Waals surface area contributed by atoms with E-state index in [1.54, 1.807) is 0 Å². The summed E-state index contributed by atoms with van der Waals surface area (Å²) in [6.45, 7) is 9.39. The summed E-state index contributed by atoms with van der Waals surface area (Å²) in [5, 5.41) is 6.74. The lowest BCUT2D eigenvalue weighted by atomic mass is 9.78. The second-order valence-electron chi connectivity index (χ2n) is 5.93. The van der Waals surface area contributed by atoms with Crippen molar-refractivity contribution in [2.45, 2.75) is 39.5 Å². The highest BCUT2D eigenvalue weighted by Gasteiger charge is 2.24. The summed E-state index contributed by atoms with van der Waals surface area (Å²) in [4.78, 5) is 4.73. The molecule has 0 bridgehead atoms. The van der Waals surface area contributed by atoms with Crippen molar-refractivity contribution >= 4 is 29.9 Å². The van der Waals surface area contributed by atoms with Crippen LogP contribution in [0.5, 0.6) is 0 Å². The molecule has 0 aromatic heterocycles. The van der Waals surface area contributed by atoms with Crippen molar-refractivity contribution in [3.8, 4) is 0 Å². The molecule has 0 radical (unpaired) electrons. The highest BCUT2D eigenvalue weighted by atomic mass is 127. The molecule has 2 N–H and O–H groups in total. The van der Waals surface area contributed by atoms with Crippen LogP contribution in [-0.4, -0.2) is 25.6 Å². The van der Waals surface area contributed by atoms with E-state index in [-0.39, 0.29) is 24.0 Å². The maximum atomic E-state index is 4.73. The van der Waals surface area contributed by atoms with Gasteiger partial charge in [-0.1, -0.05) is 38.1 Å². The second-order valence-corrected chi connectivity index (χ2v) is 5.93. The molecule has 1 aliphatic carbocycles. The summed E-state index contributed by atoms with van der Waals surface area (Å²) < 4.78 is 0. The SMILES string of the molecule is CCNC(=NCC1Cc2ccccc21)NCCC(C)C.I. The van der Waals surface area contributed by atoms with Crippen molar-refractivity contribution in [3.05, 3.63) is 35.4 Å². The van der Waals surface area contributed by atoms with E-state index >= 15 is 0 Å². The van der Waals surface area contributed by atoms with E-state index in [0.29, 0.717) is 5.92 Å². The molecular formula is C17H28IN3. The Hall–Kier alpha value is -0.780. The van der Waals surface area contributed by atoms with Gasteiger partial charge in [-0.2, -0.15) is 0 Å². The van der Waals surface area contributed by atoms with Gasteiger partial charge in [0.2, 0.25) is 0 Å². The summed E-state index contributed by atoms with van der Waals surface area (Å²) in [6, 6.07) is 8.70. The molecule has 2 rings (SSSR count). The molecule has 118 valence electrons. The average Bonchev–Trinajstić information content (AvgIpc) is 2.39. The standard InChI is InChI=1S/C17H27N3.HI/c1-4-18-17(19-10-9-13(2)3)20-12-15-11-14-7-5-6-8-16(14)15;/h5-8,13,15H,4,9-12H2,1-3H3,(H2,18,19,20);1H. The van der Waals surface area contributed by atoms with Crippen molar-refractivity contribution in [1.82, 2.24) is 10.6 Å². The lowest BCUT2D eigenvalue weighted by Crippen LogP contribution is -2.38. The van der Waals surface area contributed by atoms with Gasteiger partial charge in [-0.15, -0.1) is 24.0 Å². The van der Waals surface area contributed by atoms with Crippen LogP contribution in [0, 0.1) is 5.92 Å². The number of guanidine groups is 1. The minimum Gasteiger partial charge on any atom is -0.357 e. The largest absolute Gasteiger partial charge is 0.357 e. The van der Waals surface area contributed by atoms with E-state index in [0.717, 1.165) is 31.5 Å². The third kappa shape index (κ3) is 5.49. The molecule has 0 aliphatic heterocycles. The van der Waals surface area contributed by atoms with Crippen LogP contribution >= 0.6 is 24.0 Å². The van der Waals surface area contributed by atoms with Crippen LogP contribution in [0.2, 0.25) is 0 Å². The Morgan fingerprint density at radius 2 is 2.05 bits per heavy atom. The zero-order chi connectivity index (χ0) is 14.4. The predicted molar refractivity (Wildman–Crippen MR) is 102 cm³/mol. The summed E-state index contributed by atoms with van der Waals surface area (Å²) in [5.41, 5.74) is 2.97. The lowest BCUT2D eigenvalue weighted by molar-refractivity contribution is 0.571. The monoisotopic (exact) mass is 401 g/mol. The Balaban J connectivity index is 0.00000220. The first-order valence-electron chi connectivity index (χ1n) is 7.80. The van der Waals surface area contributed by atoms with E-state index in [2.05, 4.69) is 55.7 Å². The number of nitrogens with zero attached hydrogens (tertiary/aromatic N) is 1. The number of halogens is 1. The third-order valence-electron chi connectivity index (χ3n) is 3.79. The topological polar surface area (TPSA) is 36.4 Å². The third-order valence-corrected chi connectivity index (χ3v) is 3.79. The molecular weight excluding hydrogens is 373 g/mol. The van der Waals surface area contributed by atoms with Crippen molar-refractivity contribution < 1.29 is 0 Å². The number of aliphatic imine (C=N–C) groups is 1. The van der Waals surface area contributed by atoms with Gasteiger partial charge in [0.05, 0.1) is 0 Å². The predicted octanol–water partition coefficient (Wildman–Crippen LogP) is 3.55. The van der Waals surface area contributed by atoms with Crippen molar-refractivity contribution in [3.63, 3.8) is 0 Å². The fraction of sp³-hybridized carbons (Fsp3) is 0.588. The van der Waals surface area contributed by atoms with E-state index in [1.165, 1.54) is 24.0 Å². The molecule has 0 saturated heterocycles. The van der Waals surface area contributed by atoms with Crippen molar-refractivity contribution in [2.75, 3.05) is 19.6 Å². The fourth-order valence-corrected chi connectivity index (χ4v) is 2.55. The lowest BCUT2D eigenvalue weighted by Gasteiger charge is -2.29. The minimum atomic E-state index is 0. The Bertz CT molecular complexity index is 457. The van der Waals surface area contributed by atoms with Gasteiger partial charge < -0.3 is 10.6 Å². The summed E-state index contributed by atoms with van der Waals surface area (Å²) in [7, 11) is 0. The first-order valence-corrected chi connectivity index (χ1v) is 7.80. The smallest absolute Gasteiger partial charge is 0.191 e. The minimum absolute atomic E-state index is 0. The zero-order valence-electron chi connectivity index (χ0n) is 13.4. The van der Waals surface area contributed by atoms with Gasteiger partial charge in [-0.25, -0.2) is 0 Å². The van der Waals surface area contributed by atoms with E-state index in [4.69, 9.17) is 4.99 Å². The quantitative estimate of drug-likeness (QED) is 0.435. The van der Waals surface area contributed by atoms with Gasteiger partial charge in [0.15, 0.2) is 5.96 Å². The van der Waals surface area contributed by atoms with Crippen LogP contribution < -0.4 is 10.6 Å². The summed E-state index contributed by atoms with van der Waals surface area (Å²) in [6.07, 6.45) is 2.35. The molecule has 1 aromatic rings. The van der Waals surface area contributed by atoms with Crippen molar-refractivity contribution in [1.29, 1.82) is 0 Å². The van der Waals surface area contributed by atoms with Gasteiger partial charge in [0.1, 0.15) is 0 Å². The molecule has 0 spiro atoms. The number of fused-ring (bicyclic) bond motifs is 1. The van der Waals surface area contributed by atoms with Gasteiger partial charge in [-0.3, -0.25) is 4.99 Å². The number of hydrogen-bond acceptors (Lipinski definition) is 1. The van der Waals surface area contributed by atoms with Gasteiger partial charge in [0, 0.05) is 25.6 Å².